The normalized spacial score (nSPS) is 25.8. The van der Waals surface area contributed by atoms with Crippen LogP contribution in [0.4, 0.5) is 4.79 Å². The average Bonchev–Trinajstić information content (AvgIpc) is 2.52. The summed E-state index contributed by atoms with van der Waals surface area (Å²) < 4.78 is 5.40. The number of hydrogen-bond acceptors (Lipinski definition) is 4. The van der Waals surface area contributed by atoms with Crippen LogP contribution in [-0.4, -0.2) is 65.7 Å². The number of nitrogens with zero attached hydrogens (tertiary/aromatic N) is 2. The van der Waals surface area contributed by atoms with Gasteiger partial charge in [0.05, 0.1) is 18.6 Å². The molecule has 1 heterocycles. The lowest BCUT2D eigenvalue weighted by Crippen LogP contribution is -2.60. The maximum absolute atomic E-state index is 12.7. The Labute approximate surface area is 152 Å². The molecule has 2 amide bonds. The van der Waals surface area contributed by atoms with Gasteiger partial charge >= 0.3 is 6.09 Å². The maximum Gasteiger partial charge on any atom is 0.407 e. The Bertz CT molecular complexity index is 461. The van der Waals surface area contributed by atoms with Gasteiger partial charge in [0, 0.05) is 13.1 Å². The molecule has 1 N–H and O–H groups in total. The van der Waals surface area contributed by atoms with Gasteiger partial charge in [-0.05, 0) is 46.6 Å². The van der Waals surface area contributed by atoms with E-state index >= 15 is 0 Å². The summed E-state index contributed by atoms with van der Waals surface area (Å²) in [5.41, 5.74) is -0.505. The van der Waals surface area contributed by atoms with E-state index in [-0.39, 0.29) is 24.1 Å². The monoisotopic (exact) mass is 353 g/mol. The molecule has 0 bridgehead atoms. The SMILES string of the molecule is CCCCN1CCN([C@H]2CCCC[C@@H]2NC(=O)OC(C)(C)C)C(=O)C1. The lowest BCUT2D eigenvalue weighted by Gasteiger charge is -2.44. The minimum absolute atomic E-state index is 0.00487. The standard InChI is InChI=1S/C19H35N3O3/c1-5-6-11-21-12-13-22(17(23)14-21)16-10-8-7-9-15(16)20-18(24)25-19(2,3)4/h15-16H,5-14H2,1-4H3,(H,20,24)/t15-,16-/m0/s1. The van der Waals surface area contributed by atoms with Gasteiger partial charge in [-0.15, -0.1) is 0 Å². The van der Waals surface area contributed by atoms with Crippen LogP contribution < -0.4 is 5.32 Å². The molecule has 2 rings (SSSR count). The number of rotatable bonds is 5. The predicted octanol–water partition coefficient (Wildman–Crippen LogP) is 2.77. The van der Waals surface area contributed by atoms with Crippen LogP contribution in [0.1, 0.15) is 66.2 Å². The van der Waals surface area contributed by atoms with E-state index in [1.165, 1.54) is 0 Å². The lowest BCUT2D eigenvalue weighted by atomic mass is 9.88. The maximum atomic E-state index is 12.7. The first-order valence-corrected chi connectivity index (χ1v) is 9.81. The Morgan fingerprint density at radius 1 is 1.24 bits per heavy atom. The quantitative estimate of drug-likeness (QED) is 0.825. The summed E-state index contributed by atoms with van der Waals surface area (Å²) in [6.45, 7) is 11.0. The fourth-order valence-electron chi connectivity index (χ4n) is 3.77. The second kappa shape index (κ2) is 8.88. The molecule has 0 spiro atoms. The number of amides is 2. The number of carbonyl (C=O) groups excluding carboxylic acids is 2. The number of alkyl carbamates (subject to hydrolysis) is 1. The molecular weight excluding hydrogens is 318 g/mol. The Kier molecular flexibility index (Phi) is 7.11. The van der Waals surface area contributed by atoms with Gasteiger partial charge in [0.15, 0.2) is 0 Å². The molecule has 2 aliphatic rings. The Morgan fingerprint density at radius 2 is 1.96 bits per heavy atom. The van der Waals surface area contributed by atoms with Gasteiger partial charge in [-0.2, -0.15) is 0 Å². The van der Waals surface area contributed by atoms with Crippen LogP contribution in [0.15, 0.2) is 0 Å². The van der Waals surface area contributed by atoms with Crippen molar-refractivity contribution < 1.29 is 14.3 Å². The van der Waals surface area contributed by atoms with E-state index in [1.54, 1.807) is 0 Å². The van der Waals surface area contributed by atoms with Crippen LogP contribution in [0.5, 0.6) is 0 Å². The van der Waals surface area contributed by atoms with Gasteiger partial charge in [0.25, 0.3) is 0 Å². The first-order chi connectivity index (χ1) is 11.8. The van der Waals surface area contributed by atoms with Crippen LogP contribution in [0.3, 0.4) is 0 Å². The van der Waals surface area contributed by atoms with Crippen molar-refractivity contribution in [2.45, 2.75) is 83.9 Å². The fourth-order valence-corrected chi connectivity index (χ4v) is 3.77. The highest BCUT2D eigenvalue weighted by atomic mass is 16.6. The molecule has 6 heteroatoms. The molecule has 0 aromatic heterocycles. The van der Waals surface area contributed by atoms with Gasteiger partial charge in [0.2, 0.25) is 5.91 Å². The van der Waals surface area contributed by atoms with E-state index in [4.69, 9.17) is 4.74 Å². The molecular formula is C19H35N3O3. The first kappa shape index (κ1) is 20.0. The molecule has 2 atom stereocenters. The smallest absolute Gasteiger partial charge is 0.407 e. The molecule has 144 valence electrons. The second-order valence-electron chi connectivity index (χ2n) is 8.32. The zero-order valence-corrected chi connectivity index (χ0v) is 16.3. The van der Waals surface area contributed by atoms with Crippen LogP contribution in [0, 0.1) is 0 Å². The van der Waals surface area contributed by atoms with Crippen LogP contribution >= 0.6 is 0 Å². The highest BCUT2D eigenvalue weighted by molar-refractivity contribution is 5.79. The summed E-state index contributed by atoms with van der Waals surface area (Å²) >= 11 is 0. The number of hydrogen-bond donors (Lipinski definition) is 1. The van der Waals surface area contributed by atoms with Crippen molar-refractivity contribution in [3.8, 4) is 0 Å². The number of unbranched alkanes of at least 4 members (excludes halogenated alkanes) is 1. The second-order valence-corrected chi connectivity index (χ2v) is 8.32. The summed E-state index contributed by atoms with van der Waals surface area (Å²) in [7, 11) is 0. The molecule has 1 aliphatic heterocycles. The molecule has 25 heavy (non-hydrogen) atoms. The Balaban J connectivity index is 1.94. The van der Waals surface area contributed by atoms with Crippen molar-refractivity contribution in [1.82, 2.24) is 15.1 Å². The van der Waals surface area contributed by atoms with Crippen molar-refractivity contribution in [2.24, 2.45) is 0 Å². The van der Waals surface area contributed by atoms with Crippen molar-refractivity contribution >= 4 is 12.0 Å². The largest absolute Gasteiger partial charge is 0.444 e. The van der Waals surface area contributed by atoms with Crippen LogP contribution in [0.2, 0.25) is 0 Å². The van der Waals surface area contributed by atoms with Gasteiger partial charge in [0.1, 0.15) is 5.60 Å². The third kappa shape index (κ3) is 6.17. The van der Waals surface area contributed by atoms with E-state index in [1.807, 2.05) is 25.7 Å². The van der Waals surface area contributed by atoms with E-state index in [2.05, 4.69) is 17.1 Å². The first-order valence-electron chi connectivity index (χ1n) is 9.81. The van der Waals surface area contributed by atoms with E-state index < -0.39 is 5.60 Å². The average molecular weight is 354 g/mol. The zero-order chi connectivity index (χ0) is 18.4. The molecule has 0 radical (unpaired) electrons. The third-order valence-corrected chi connectivity index (χ3v) is 5.00. The van der Waals surface area contributed by atoms with Crippen LogP contribution in [-0.2, 0) is 9.53 Å². The summed E-state index contributed by atoms with van der Waals surface area (Å²) in [5.74, 6) is 0.199. The number of carbonyl (C=O) groups is 2. The highest BCUT2D eigenvalue weighted by Gasteiger charge is 2.36. The summed E-state index contributed by atoms with van der Waals surface area (Å²) in [4.78, 5) is 29.1. The van der Waals surface area contributed by atoms with Gasteiger partial charge in [-0.25, -0.2) is 4.79 Å². The molecule has 1 saturated heterocycles. The van der Waals surface area contributed by atoms with Crippen molar-refractivity contribution in [3.63, 3.8) is 0 Å². The van der Waals surface area contributed by atoms with Crippen molar-refractivity contribution in [3.05, 3.63) is 0 Å². The van der Waals surface area contributed by atoms with E-state index in [9.17, 15) is 9.59 Å². The van der Waals surface area contributed by atoms with Crippen molar-refractivity contribution in [2.75, 3.05) is 26.2 Å². The predicted molar refractivity (Wildman–Crippen MR) is 98.5 cm³/mol. The number of nitrogens with one attached hydrogen (secondary N) is 1. The van der Waals surface area contributed by atoms with E-state index in [0.29, 0.717) is 6.54 Å². The minimum Gasteiger partial charge on any atom is -0.444 e. The molecule has 1 saturated carbocycles. The summed E-state index contributed by atoms with van der Waals surface area (Å²) in [6, 6.07) is 0.0943. The summed E-state index contributed by atoms with van der Waals surface area (Å²) in [6.07, 6.45) is 5.98. The fraction of sp³-hybridized carbons (Fsp3) is 0.895. The van der Waals surface area contributed by atoms with Gasteiger partial charge in [-0.3, -0.25) is 9.69 Å². The molecule has 1 aliphatic carbocycles. The molecule has 0 aromatic rings. The number of piperazine rings is 1. The topological polar surface area (TPSA) is 61.9 Å². The Morgan fingerprint density at radius 3 is 2.60 bits per heavy atom. The van der Waals surface area contributed by atoms with Gasteiger partial charge < -0.3 is 15.0 Å². The Hall–Kier alpha value is -1.30. The molecule has 2 fully saturated rings. The van der Waals surface area contributed by atoms with E-state index in [0.717, 1.165) is 58.2 Å². The minimum atomic E-state index is -0.505. The van der Waals surface area contributed by atoms with Gasteiger partial charge in [-0.1, -0.05) is 26.2 Å². The summed E-state index contributed by atoms with van der Waals surface area (Å²) in [5, 5.41) is 3.02. The lowest BCUT2D eigenvalue weighted by molar-refractivity contribution is -0.140. The number of ether oxygens (including phenoxy) is 1. The van der Waals surface area contributed by atoms with Crippen molar-refractivity contribution in [1.29, 1.82) is 0 Å². The zero-order valence-electron chi connectivity index (χ0n) is 16.3. The molecule has 0 unspecified atom stereocenters. The molecule has 0 aromatic carbocycles. The molecule has 6 nitrogen and oxygen atoms in total. The third-order valence-electron chi connectivity index (χ3n) is 5.00. The van der Waals surface area contributed by atoms with Crippen LogP contribution in [0.25, 0.3) is 0 Å². The highest BCUT2D eigenvalue weighted by Crippen LogP contribution is 2.25.